The van der Waals surface area contributed by atoms with Gasteiger partial charge in [0, 0.05) is 5.56 Å². The number of ether oxygens (including phenoxy) is 1. The Morgan fingerprint density at radius 3 is 2.38 bits per heavy atom. The summed E-state index contributed by atoms with van der Waals surface area (Å²) in [5, 5.41) is 3.04. The molecule has 1 amide bonds. The lowest BCUT2D eigenvalue weighted by Crippen LogP contribution is -2.30. The van der Waals surface area contributed by atoms with E-state index >= 15 is 0 Å². The van der Waals surface area contributed by atoms with Crippen LogP contribution in [-0.4, -0.2) is 34.2 Å². The van der Waals surface area contributed by atoms with E-state index in [1.165, 1.54) is 10.4 Å². The Kier molecular flexibility index (Phi) is 7.45. The first-order valence-corrected chi connectivity index (χ1v) is 11.2. The van der Waals surface area contributed by atoms with Crippen molar-refractivity contribution in [2.75, 3.05) is 24.2 Å². The molecule has 6 nitrogen and oxygen atoms in total. The number of anilines is 1. The van der Waals surface area contributed by atoms with Gasteiger partial charge in [0.2, 0.25) is 10.0 Å². The molecule has 2 aromatic carbocycles. The van der Waals surface area contributed by atoms with E-state index in [2.05, 4.69) is 11.9 Å². The summed E-state index contributed by atoms with van der Waals surface area (Å²) in [4.78, 5) is 12.7. The molecule has 0 aromatic heterocycles. The molecule has 0 radical (unpaired) electrons. The number of hydrogen-bond acceptors (Lipinski definition) is 4. The molecule has 0 aliphatic carbocycles. The fraction of sp³-hybridized carbons (Fsp3) is 0.318. The van der Waals surface area contributed by atoms with E-state index in [0.717, 1.165) is 29.6 Å². The monoisotopic (exact) mass is 416 g/mol. The van der Waals surface area contributed by atoms with E-state index in [0.29, 0.717) is 11.3 Å². The van der Waals surface area contributed by atoms with Crippen molar-refractivity contribution in [1.29, 1.82) is 0 Å². The third-order valence-corrected chi connectivity index (χ3v) is 5.81. The summed E-state index contributed by atoms with van der Waals surface area (Å²) in [6.45, 7) is 7.73. The van der Waals surface area contributed by atoms with Gasteiger partial charge in [-0.1, -0.05) is 25.1 Å². The summed E-state index contributed by atoms with van der Waals surface area (Å²) in [6, 6.07) is 12.2. The first-order valence-electron chi connectivity index (χ1n) is 9.35. The largest absolute Gasteiger partial charge is 0.496 e. The summed E-state index contributed by atoms with van der Waals surface area (Å²) in [6.07, 6.45) is 3.39. The second-order valence-electron chi connectivity index (χ2n) is 6.79. The first-order chi connectivity index (χ1) is 13.7. The molecule has 0 spiro atoms. The molecule has 0 aliphatic rings. The minimum atomic E-state index is -3.43. The number of methoxy groups -OCH3 is 1. The van der Waals surface area contributed by atoms with Gasteiger partial charge in [-0.05, 0) is 54.8 Å². The Morgan fingerprint density at radius 2 is 1.90 bits per heavy atom. The smallest absolute Gasteiger partial charge is 0.251 e. The zero-order valence-corrected chi connectivity index (χ0v) is 18.1. The van der Waals surface area contributed by atoms with Gasteiger partial charge in [0.1, 0.15) is 5.75 Å². The predicted molar refractivity (Wildman–Crippen MR) is 117 cm³/mol. The zero-order valence-electron chi connectivity index (χ0n) is 17.3. The first kappa shape index (κ1) is 22.5. The standard InChI is InChI=1S/C22H28N2O4S/c1-6-14-24(29(5,26)27)19-11-8-17(9-12-19)22(25)23-20(7-2)18-10-13-21(28-4)16(3)15-18/h6,8-13,15,20H,1,7,14H2,2-5H3,(H,23,25). The van der Waals surface area contributed by atoms with Crippen molar-refractivity contribution >= 4 is 21.6 Å². The van der Waals surface area contributed by atoms with Crippen molar-refractivity contribution < 1.29 is 17.9 Å². The number of benzene rings is 2. The van der Waals surface area contributed by atoms with Gasteiger partial charge in [0.15, 0.2) is 0 Å². The second kappa shape index (κ2) is 9.60. The number of nitrogens with zero attached hydrogens (tertiary/aromatic N) is 1. The van der Waals surface area contributed by atoms with E-state index in [4.69, 9.17) is 4.74 Å². The van der Waals surface area contributed by atoms with Crippen molar-refractivity contribution in [3.63, 3.8) is 0 Å². The highest BCUT2D eigenvalue weighted by Gasteiger charge is 2.18. The number of hydrogen-bond donors (Lipinski definition) is 1. The third-order valence-electron chi connectivity index (χ3n) is 4.65. The minimum Gasteiger partial charge on any atom is -0.496 e. The highest BCUT2D eigenvalue weighted by atomic mass is 32.2. The SMILES string of the molecule is C=CCN(c1ccc(C(=O)NC(CC)c2ccc(OC)c(C)c2)cc1)S(C)(=O)=O. The van der Waals surface area contributed by atoms with Crippen molar-refractivity contribution in [2.24, 2.45) is 0 Å². The molecule has 0 bridgehead atoms. The van der Waals surface area contributed by atoms with Gasteiger partial charge in [-0.3, -0.25) is 9.10 Å². The lowest BCUT2D eigenvalue weighted by Gasteiger charge is -2.21. The number of sulfonamides is 1. The Bertz CT molecular complexity index is 969. The van der Waals surface area contributed by atoms with Crippen molar-refractivity contribution in [3.05, 3.63) is 71.8 Å². The van der Waals surface area contributed by atoms with Gasteiger partial charge in [0.05, 0.1) is 31.6 Å². The van der Waals surface area contributed by atoms with E-state index in [9.17, 15) is 13.2 Å². The molecule has 1 unspecified atom stereocenters. The molecule has 1 atom stereocenters. The zero-order chi connectivity index (χ0) is 21.6. The van der Waals surface area contributed by atoms with Gasteiger partial charge in [0.25, 0.3) is 5.91 Å². The predicted octanol–water partition coefficient (Wildman–Crippen LogP) is 3.84. The van der Waals surface area contributed by atoms with Gasteiger partial charge in [-0.2, -0.15) is 0 Å². The molecule has 0 saturated carbocycles. The number of aryl methyl sites for hydroxylation is 1. The maximum Gasteiger partial charge on any atom is 0.251 e. The van der Waals surface area contributed by atoms with Gasteiger partial charge >= 0.3 is 0 Å². The molecule has 2 rings (SSSR count). The normalized spacial score (nSPS) is 12.1. The van der Waals surface area contributed by atoms with E-state index in [1.807, 2.05) is 32.0 Å². The average molecular weight is 417 g/mol. The van der Waals surface area contributed by atoms with Crippen LogP contribution in [0, 0.1) is 6.92 Å². The summed E-state index contributed by atoms with van der Waals surface area (Å²) >= 11 is 0. The van der Waals surface area contributed by atoms with E-state index < -0.39 is 10.0 Å². The van der Waals surface area contributed by atoms with Crippen LogP contribution in [-0.2, 0) is 10.0 Å². The van der Waals surface area contributed by atoms with Crippen molar-refractivity contribution in [3.8, 4) is 5.75 Å². The third kappa shape index (κ3) is 5.60. The Balaban J connectivity index is 2.19. The van der Waals surface area contributed by atoms with Crippen LogP contribution in [0.1, 0.15) is 40.9 Å². The van der Waals surface area contributed by atoms with Gasteiger partial charge in [-0.25, -0.2) is 8.42 Å². The van der Waals surface area contributed by atoms with Crippen molar-refractivity contribution in [1.82, 2.24) is 5.32 Å². The van der Waals surface area contributed by atoms with Crippen LogP contribution in [0.15, 0.2) is 55.1 Å². The van der Waals surface area contributed by atoms with Gasteiger partial charge in [-0.15, -0.1) is 6.58 Å². The molecule has 2 aromatic rings. The molecule has 0 saturated heterocycles. The summed E-state index contributed by atoms with van der Waals surface area (Å²) < 4.78 is 30.4. The van der Waals surface area contributed by atoms with Crippen LogP contribution in [0.3, 0.4) is 0 Å². The fourth-order valence-corrected chi connectivity index (χ4v) is 3.99. The topological polar surface area (TPSA) is 75.7 Å². The molecule has 29 heavy (non-hydrogen) atoms. The van der Waals surface area contributed by atoms with E-state index in [-0.39, 0.29) is 18.5 Å². The molecular weight excluding hydrogens is 388 g/mol. The molecule has 0 fully saturated rings. The van der Waals surface area contributed by atoms with Crippen LogP contribution < -0.4 is 14.4 Å². The lowest BCUT2D eigenvalue weighted by atomic mass is 10.0. The van der Waals surface area contributed by atoms with Crippen LogP contribution in [0.5, 0.6) is 5.75 Å². The molecule has 0 aliphatic heterocycles. The van der Waals surface area contributed by atoms with Crippen LogP contribution in [0.4, 0.5) is 5.69 Å². The summed E-state index contributed by atoms with van der Waals surface area (Å²) in [7, 11) is -1.80. The fourth-order valence-electron chi connectivity index (χ4n) is 3.11. The number of rotatable bonds is 9. The molecule has 7 heteroatoms. The summed E-state index contributed by atoms with van der Waals surface area (Å²) in [5.41, 5.74) is 2.96. The number of carbonyl (C=O) groups excluding carboxylic acids is 1. The van der Waals surface area contributed by atoms with Crippen molar-refractivity contribution in [2.45, 2.75) is 26.3 Å². The minimum absolute atomic E-state index is 0.139. The Morgan fingerprint density at radius 1 is 1.24 bits per heavy atom. The quantitative estimate of drug-likeness (QED) is 0.630. The molecule has 1 N–H and O–H groups in total. The van der Waals surface area contributed by atoms with Crippen LogP contribution in [0.2, 0.25) is 0 Å². The Labute approximate surface area is 173 Å². The lowest BCUT2D eigenvalue weighted by molar-refractivity contribution is 0.0935. The Hall–Kier alpha value is -2.80. The molecule has 0 heterocycles. The number of amides is 1. The van der Waals surface area contributed by atoms with Crippen LogP contribution >= 0.6 is 0 Å². The maximum atomic E-state index is 12.7. The highest BCUT2D eigenvalue weighted by molar-refractivity contribution is 7.92. The maximum absolute atomic E-state index is 12.7. The number of carbonyl (C=O) groups is 1. The highest BCUT2D eigenvalue weighted by Crippen LogP contribution is 2.25. The van der Waals surface area contributed by atoms with Crippen LogP contribution in [0.25, 0.3) is 0 Å². The summed E-state index contributed by atoms with van der Waals surface area (Å²) in [5.74, 6) is 0.590. The van der Waals surface area contributed by atoms with E-state index in [1.54, 1.807) is 31.4 Å². The average Bonchev–Trinajstić information content (AvgIpc) is 2.69. The molecular formula is C22H28N2O4S. The second-order valence-corrected chi connectivity index (χ2v) is 8.70. The molecule has 156 valence electrons. The number of nitrogens with one attached hydrogen (secondary N) is 1. The van der Waals surface area contributed by atoms with Gasteiger partial charge < -0.3 is 10.1 Å².